The molecule has 2 aromatic carbocycles. The molecule has 150 valence electrons. The van der Waals surface area contributed by atoms with Gasteiger partial charge in [-0.2, -0.15) is 0 Å². The molecule has 0 amide bonds. The average molecular weight is 439 g/mol. The van der Waals surface area contributed by atoms with E-state index in [-0.39, 0.29) is 15.0 Å². The van der Waals surface area contributed by atoms with Crippen LogP contribution in [0.25, 0.3) is 10.2 Å². The molecule has 0 bridgehead atoms. The fourth-order valence-electron chi connectivity index (χ4n) is 2.70. The maximum Gasteiger partial charge on any atom is 0.261 e. The highest BCUT2D eigenvalue weighted by Gasteiger charge is 2.20. The first kappa shape index (κ1) is 20.8. The monoisotopic (exact) mass is 438 g/mol. The van der Waals surface area contributed by atoms with Crippen molar-refractivity contribution < 1.29 is 16.8 Å². The van der Waals surface area contributed by atoms with Gasteiger partial charge in [-0.05, 0) is 48.2 Å². The van der Waals surface area contributed by atoms with E-state index in [9.17, 15) is 16.8 Å². The smallest absolute Gasteiger partial charge is 0.261 e. The van der Waals surface area contributed by atoms with Crippen LogP contribution in [0.5, 0.6) is 0 Å². The zero-order valence-corrected chi connectivity index (χ0v) is 18.3. The van der Waals surface area contributed by atoms with Crippen LogP contribution in [-0.4, -0.2) is 27.6 Å². The van der Waals surface area contributed by atoms with E-state index in [4.69, 9.17) is 0 Å². The van der Waals surface area contributed by atoms with Crippen LogP contribution in [0.3, 0.4) is 0 Å². The van der Waals surface area contributed by atoms with Crippen LogP contribution in [0, 0.1) is 0 Å². The normalized spacial score (nSPS) is 12.6. The molecule has 3 aromatic rings. The van der Waals surface area contributed by atoms with Crippen LogP contribution >= 0.6 is 11.3 Å². The fraction of sp³-hybridized carbons (Fsp3) is 0.316. The predicted molar refractivity (Wildman–Crippen MR) is 113 cm³/mol. The summed E-state index contributed by atoms with van der Waals surface area (Å²) in [6, 6.07) is 11.6. The Hall–Kier alpha value is -1.97. The SMILES string of the molecule is CCCS(=O)(=O)c1nc2ccc(NS(=O)(=O)c3ccc(C(C)C)cc3)cc2s1. The molecule has 6 nitrogen and oxygen atoms in total. The molecule has 0 aliphatic heterocycles. The third-order valence-corrected chi connectivity index (χ3v) is 9.01. The largest absolute Gasteiger partial charge is 0.280 e. The van der Waals surface area contributed by atoms with Gasteiger partial charge in [0.15, 0.2) is 0 Å². The maximum absolute atomic E-state index is 12.6. The quantitative estimate of drug-likeness (QED) is 0.590. The van der Waals surface area contributed by atoms with Gasteiger partial charge in [-0.15, -0.1) is 11.3 Å². The van der Waals surface area contributed by atoms with E-state index >= 15 is 0 Å². The van der Waals surface area contributed by atoms with Gasteiger partial charge in [0.1, 0.15) is 0 Å². The molecule has 0 atom stereocenters. The molecule has 28 heavy (non-hydrogen) atoms. The van der Waals surface area contributed by atoms with Crippen molar-refractivity contribution in [2.24, 2.45) is 0 Å². The summed E-state index contributed by atoms with van der Waals surface area (Å²) >= 11 is 1.05. The lowest BCUT2D eigenvalue weighted by Crippen LogP contribution is -2.12. The molecule has 0 unspecified atom stereocenters. The first-order valence-corrected chi connectivity index (χ1v) is 12.8. The topological polar surface area (TPSA) is 93.2 Å². The van der Waals surface area contributed by atoms with Crippen molar-refractivity contribution in [1.29, 1.82) is 0 Å². The maximum atomic E-state index is 12.6. The summed E-state index contributed by atoms with van der Waals surface area (Å²) in [4.78, 5) is 4.35. The van der Waals surface area contributed by atoms with Gasteiger partial charge in [0.05, 0.1) is 26.6 Å². The molecular formula is C19H22N2O4S3. The summed E-state index contributed by atoms with van der Waals surface area (Å²) in [5, 5.41) is 0. The van der Waals surface area contributed by atoms with Gasteiger partial charge in [0.2, 0.25) is 14.2 Å². The number of benzene rings is 2. The van der Waals surface area contributed by atoms with E-state index in [1.54, 1.807) is 49.4 Å². The Labute approximate surface area is 169 Å². The summed E-state index contributed by atoms with van der Waals surface area (Å²) in [7, 11) is -7.14. The van der Waals surface area contributed by atoms with Crippen LogP contribution in [0.4, 0.5) is 5.69 Å². The zero-order valence-electron chi connectivity index (χ0n) is 15.8. The number of nitrogens with zero attached hydrogens (tertiary/aromatic N) is 1. The minimum atomic E-state index is -3.74. The Morgan fingerprint density at radius 2 is 1.71 bits per heavy atom. The van der Waals surface area contributed by atoms with Gasteiger partial charge >= 0.3 is 0 Å². The number of hydrogen-bond donors (Lipinski definition) is 1. The van der Waals surface area contributed by atoms with Crippen molar-refractivity contribution in [3.05, 3.63) is 48.0 Å². The number of rotatable bonds is 7. The molecule has 1 N–H and O–H groups in total. The summed E-state index contributed by atoms with van der Waals surface area (Å²) in [6.45, 7) is 5.88. The Morgan fingerprint density at radius 3 is 2.32 bits per heavy atom. The van der Waals surface area contributed by atoms with E-state index < -0.39 is 19.9 Å². The van der Waals surface area contributed by atoms with E-state index in [1.807, 2.05) is 13.8 Å². The molecule has 0 saturated carbocycles. The lowest BCUT2D eigenvalue weighted by molar-refractivity contribution is 0.594. The number of thiazole rings is 1. The second kappa shape index (κ2) is 7.81. The van der Waals surface area contributed by atoms with Gasteiger partial charge in [-0.3, -0.25) is 4.72 Å². The minimum absolute atomic E-state index is 0.0404. The molecule has 0 spiro atoms. The van der Waals surface area contributed by atoms with Crippen LogP contribution in [0.15, 0.2) is 51.7 Å². The van der Waals surface area contributed by atoms with Gasteiger partial charge in [0, 0.05) is 0 Å². The van der Waals surface area contributed by atoms with Crippen LogP contribution in [-0.2, 0) is 19.9 Å². The van der Waals surface area contributed by atoms with Crippen molar-refractivity contribution in [2.45, 2.75) is 42.3 Å². The fourth-order valence-corrected chi connectivity index (χ4v) is 6.46. The van der Waals surface area contributed by atoms with Crippen molar-refractivity contribution in [2.75, 3.05) is 10.5 Å². The third-order valence-electron chi connectivity index (χ3n) is 4.22. The Balaban J connectivity index is 1.89. The molecule has 0 aliphatic carbocycles. The Morgan fingerprint density at radius 1 is 1.04 bits per heavy atom. The van der Waals surface area contributed by atoms with Gasteiger partial charge in [-0.25, -0.2) is 21.8 Å². The van der Waals surface area contributed by atoms with E-state index in [0.717, 1.165) is 16.9 Å². The standard InChI is InChI=1S/C19H22N2O4S3/c1-4-11-27(22,23)19-20-17-10-7-15(12-18(17)26-19)21-28(24,25)16-8-5-14(6-9-16)13(2)3/h5-10,12-13,21H,4,11H2,1-3H3. The summed E-state index contributed by atoms with van der Waals surface area (Å²) in [5.41, 5.74) is 1.96. The number of hydrogen-bond acceptors (Lipinski definition) is 6. The average Bonchev–Trinajstić information content (AvgIpc) is 3.06. The third kappa shape index (κ3) is 4.37. The summed E-state index contributed by atoms with van der Waals surface area (Å²) < 4.78 is 53.0. The molecule has 0 fully saturated rings. The Kier molecular flexibility index (Phi) is 5.79. The van der Waals surface area contributed by atoms with Crippen molar-refractivity contribution >= 4 is 47.1 Å². The molecule has 0 aliphatic rings. The molecular weight excluding hydrogens is 416 g/mol. The lowest BCUT2D eigenvalue weighted by Gasteiger charge is -2.10. The van der Waals surface area contributed by atoms with Crippen LogP contribution in [0.2, 0.25) is 0 Å². The number of anilines is 1. The number of sulfone groups is 1. The van der Waals surface area contributed by atoms with E-state index in [0.29, 0.717) is 28.2 Å². The van der Waals surface area contributed by atoms with Crippen LogP contribution in [0.1, 0.15) is 38.7 Å². The Bertz CT molecular complexity index is 1200. The highest BCUT2D eigenvalue weighted by Crippen LogP contribution is 2.29. The molecule has 0 radical (unpaired) electrons. The van der Waals surface area contributed by atoms with Crippen molar-refractivity contribution in [1.82, 2.24) is 4.98 Å². The van der Waals surface area contributed by atoms with Crippen molar-refractivity contribution in [3.8, 4) is 0 Å². The second-order valence-corrected chi connectivity index (χ2v) is 11.8. The highest BCUT2D eigenvalue weighted by molar-refractivity contribution is 7.93. The van der Waals surface area contributed by atoms with E-state index in [2.05, 4.69) is 9.71 Å². The molecule has 1 heterocycles. The lowest BCUT2D eigenvalue weighted by atomic mass is 10.0. The molecule has 3 rings (SSSR count). The number of sulfonamides is 1. The highest BCUT2D eigenvalue weighted by atomic mass is 32.2. The van der Waals surface area contributed by atoms with E-state index in [1.165, 1.54) is 0 Å². The number of aromatic nitrogens is 1. The van der Waals surface area contributed by atoms with Gasteiger partial charge < -0.3 is 0 Å². The first-order chi connectivity index (χ1) is 13.1. The second-order valence-electron chi connectivity index (χ2n) is 6.81. The van der Waals surface area contributed by atoms with Gasteiger partial charge in [0.25, 0.3) is 10.0 Å². The molecule has 1 aromatic heterocycles. The number of fused-ring (bicyclic) bond motifs is 1. The van der Waals surface area contributed by atoms with Gasteiger partial charge in [-0.1, -0.05) is 32.9 Å². The van der Waals surface area contributed by atoms with Crippen LogP contribution < -0.4 is 4.72 Å². The summed E-state index contributed by atoms with van der Waals surface area (Å²) in [6.07, 6.45) is 0.513. The zero-order chi connectivity index (χ0) is 20.5. The summed E-state index contributed by atoms with van der Waals surface area (Å²) in [5.74, 6) is 0.357. The van der Waals surface area contributed by atoms with Crippen molar-refractivity contribution in [3.63, 3.8) is 0 Å². The molecule has 0 saturated heterocycles. The minimum Gasteiger partial charge on any atom is -0.280 e. The first-order valence-electron chi connectivity index (χ1n) is 8.88. The predicted octanol–water partition coefficient (Wildman–Crippen LogP) is 4.40. The molecule has 9 heteroatoms. The number of nitrogens with one attached hydrogen (secondary N) is 1.